The number of allylic oxidation sites excluding steroid dienone is 2. The first-order valence-electron chi connectivity index (χ1n) is 23.9. The minimum Gasteiger partial charge on any atom is -0.462 e. The van der Waals surface area contributed by atoms with Crippen molar-refractivity contribution in [3.05, 3.63) is 47.5 Å². The lowest BCUT2D eigenvalue weighted by Crippen LogP contribution is -2.61. The molecule has 0 bridgehead atoms. The average Bonchev–Trinajstić information content (AvgIpc) is 3.85. The van der Waals surface area contributed by atoms with Crippen molar-refractivity contribution in [1.82, 2.24) is 10.2 Å². The van der Waals surface area contributed by atoms with Crippen LogP contribution in [0.1, 0.15) is 105 Å². The Hall–Kier alpha value is -2.30. The van der Waals surface area contributed by atoms with Gasteiger partial charge in [0.05, 0.1) is 36.9 Å². The molecule has 13 nitrogen and oxygen atoms in total. The van der Waals surface area contributed by atoms with Crippen molar-refractivity contribution < 1.29 is 52.6 Å². The summed E-state index contributed by atoms with van der Waals surface area (Å²) in [6, 6.07) is 10.1. The molecule has 7 rings (SSSR count). The van der Waals surface area contributed by atoms with Gasteiger partial charge in [0, 0.05) is 50.8 Å². The molecule has 0 spiro atoms. The number of cyclic esters (lactones) is 1. The summed E-state index contributed by atoms with van der Waals surface area (Å²) < 4.78 is 50.4. The number of ether oxygens (including phenoxy) is 8. The minimum atomic E-state index is -0.796. The van der Waals surface area contributed by atoms with E-state index in [1.165, 1.54) is 0 Å². The third-order valence-corrected chi connectivity index (χ3v) is 15.9. The van der Waals surface area contributed by atoms with Crippen LogP contribution < -0.4 is 5.32 Å². The van der Waals surface area contributed by atoms with E-state index in [2.05, 4.69) is 70.2 Å². The quantitative estimate of drug-likeness (QED) is 0.231. The van der Waals surface area contributed by atoms with Crippen molar-refractivity contribution in [2.45, 2.75) is 184 Å². The van der Waals surface area contributed by atoms with Crippen molar-refractivity contribution in [3.8, 4) is 0 Å². The topological polar surface area (TPSA) is 143 Å². The van der Waals surface area contributed by atoms with E-state index in [-0.39, 0.29) is 78.5 Å². The highest BCUT2D eigenvalue weighted by molar-refractivity contribution is 5.99. The number of Topliss-reactive ketones (excluding diaryl/α,β-unsaturated/α-hetero) is 1. The SMILES string of the molecule is CC[C@H]1CCC[C@H](O[C@H]2CC[C@H](N(C)C)C(C)O2)[C@@H](C)C(=O)C2=C[C@H]3[C@@H]4C[C@H](O[C@@H]5OC(C)[C@H](OC)C(OC)C5OC)C[C@H]4[C@@H](O)[C@H](NC(C)(C)c4ccccc4)[C@H]3[C@@H]2CC(=O)O1. The van der Waals surface area contributed by atoms with Crippen LogP contribution in [-0.4, -0.2) is 137 Å². The Bertz CT molecular complexity index is 1710. The summed E-state index contributed by atoms with van der Waals surface area (Å²) >= 11 is 0. The second-order valence-corrected chi connectivity index (χ2v) is 20.3. The first-order chi connectivity index (χ1) is 30.1. The molecule has 3 heterocycles. The fourth-order valence-electron chi connectivity index (χ4n) is 12.6. The van der Waals surface area contributed by atoms with E-state index in [0.717, 1.165) is 24.8 Å². The number of benzene rings is 1. The molecule has 0 radical (unpaired) electrons. The van der Waals surface area contributed by atoms with Gasteiger partial charge in [-0.3, -0.25) is 9.59 Å². The van der Waals surface area contributed by atoms with E-state index in [9.17, 15) is 9.90 Å². The summed E-state index contributed by atoms with van der Waals surface area (Å²) in [5, 5.41) is 16.7. The number of carbonyl (C=O) groups is 2. The maximum absolute atomic E-state index is 15.3. The number of carbonyl (C=O) groups excluding carboxylic acids is 2. The normalized spacial score (nSPS) is 42.7. The van der Waals surface area contributed by atoms with Crippen LogP contribution in [-0.2, 0) is 53.0 Å². The number of nitrogens with zero attached hydrogens (tertiary/aromatic N) is 1. The van der Waals surface area contributed by atoms with Crippen LogP contribution in [0.3, 0.4) is 0 Å². The van der Waals surface area contributed by atoms with Crippen molar-refractivity contribution in [2.24, 2.45) is 35.5 Å². The van der Waals surface area contributed by atoms with Crippen molar-refractivity contribution in [2.75, 3.05) is 35.4 Å². The lowest BCUT2D eigenvalue weighted by molar-refractivity contribution is -0.314. The van der Waals surface area contributed by atoms with E-state index < -0.39 is 54.3 Å². The van der Waals surface area contributed by atoms with Crippen LogP contribution in [0, 0.1) is 35.5 Å². The highest BCUT2D eigenvalue weighted by atomic mass is 16.7. The summed E-state index contributed by atoms with van der Waals surface area (Å²) in [5.41, 5.74) is 1.18. The molecule has 63 heavy (non-hydrogen) atoms. The third-order valence-electron chi connectivity index (χ3n) is 15.9. The van der Waals surface area contributed by atoms with E-state index in [1.807, 2.05) is 32.0 Å². The molecule has 5 fully saturated rings. The number of likely N-dealkylation sites (N-methyl/N-ethyl adjacent to an activating group) is 1. The highest BCUT2D eigenvalue weighted by Crippen LogP contribution is 2.57. The van der Waals surface area contributed by atoms with Crippen molar-refractivity contribution >= 4 is 11.8 Å². The van der Waals surface area contributed by atoms with E-state index in [0.29, 0.717) is 43.7 Å². The smallest absolute Gasteiger partial charge is 0.306 e. The van der Waals surface area contributed by atoms with Gasteiger partial charge in [-0.25, -0.2) is 0 Å². The number of fused-ring (bicyclic) bond motifs is 5. The Morgan fingerprint density at radius 1 is 0.857 bits per heavy atom. The third kappa shape index (κ3) is 10.2. The molecule has 2 N–H and O–H groups in total. The Labute approximate surface area is 376 Å². The molecule has 3 aliphatic carbocycles. The number of rotatable bonds is 12. The second-order valence-electron chi connectivity index (χ2n) is 20.3. The van der Waals surface area contributed by atoms with Gasteiger partial charge in [-0.2, -0.15) is 0 Å². The zero-order valence-corrected chi connectivity index (χ0v) is 39.8. The number of aliphatic hydroxyl groups excluding tert-OH is 1. The maximum atomic E-state index is 15.3. The number of aliphatic hydroxyl groups is 1. The van der Waals surface area contributed by atoms with Gasteiger partial charge in [-0.15, -0.1) is 0 Å². The van der Waals surface area contributed by atoms with E-state index in [1.54, 1.807) is 21.3 Å². The molecule has 19 atom stereocenters. The summed E-state index contributed by atoms with van der Waals surface area (Å²) in [7, 11) is 9.08. The Balaban J connectivity index is 1.23. The van der Waals surface area contributed by atoms with Gasteiger partial charge in [0.2, 0.25) is 0 Å². The zero-order valence-electron chi connectivity index (χ0n) is 39.8. The van der Waals surface area contributed by atoms with E-state index in [4.69, 9.17) is 37.9 Å². The van der Waals surface area contributed by atoms with Gasteiger partial charge in [0.1, 0.15) is 24.4 Å². The van der Waals surface area contributed by atoms with Gasteiger partial charge >= 0.3 is 5.97 Å². The average molecular weight is 883 g/mol. The van der Waals surface area contributed by atoms with Gasteiger partial charge in [-0.1, -0.05) is 50.3 Å². The zero-order chi connectivity index (χ0) is 45.3. The summed E-state index contributed by atoms with van der Waals surface area (Å²) in [6.45, 7) is 12.4. The van der Waals surface area contributed by atoms with Crippen molar-refractivity contribution in [3.63, 3.8) is 0 Å². The molecule has 354 valence electrons. The fraction of sp³-hybridized carbons (Fsp3) is 0.800. The van der Waals surface area contributed by atoms with Crippen LogP contribution in [0.5, 0.6) is 0 Å². The van der Waals surface area contributed by atoms with Crippen LogP contribution in [0.4, 0.5) is 0 Å². The molecular formula is C50H78N2O11. The maximum Gasteiger partial charge on any atom is 0.306 e. The lowest BCUT2D eigenvalue weighted by atomic mass is 9.62. The van der Waals surface area contributed by atoms with Gasteiger partial charge in [0.15, 0.2) is 18.4 Å². The number of methoxy groups -OCH3 is 3. The predicted octanol–water partition coefficient (Wildman–Crippen LogP) is 6.19. The predicted molar refractivity (Wildman–Crippen MR) is 237 cm³/mol. The standard InChI is InChI=1S/C50H78N2O11/c1-12-31-19-16-20-39(63-41-22-21-38(52(7)8)28(3)59-41)27(2)44(54)37-25-34-33-23-32(62-49-48(58-11)47(57-10)46(56-9)29(4)60-49)24-36(33)45(55)43(42(34)35(37)26-40(53)61-31)51-50(5,6)30-17-14-13-15-18-30/h13-15,17-18,25,27-29,31-36,38-39,41-43,45-49,51,55H,12,16,19-24,26H2,1-11H3/t27-,28?,29?,31+,32+,33+,34+,35-,36-,38+,39+,41+,42-,43-,45-,46+,47?,48?,49+/m1/s1. The highest BCUT2D eigenvalue weighted by Gasteiger charge is 2.60. The minimum absolute atomic E-state index is 0.00131. The number of hydrogen-bond acceptors (Lipinski definition) is 13. The monoisotopic (exact) mass is 883 g/mol. The lowest BCUT2D eigenvalue weighted by Gasteiger charge is -2.50. The molecule has 6 aliphatic rings. The summed E-state index contributed by atoms with van der Waals surface area (Å²) in [5.74, 6) is -1.82. The summed E-state index contributed by atoms with van der Waals surface area (Å²) in [6.07, 6.45) is 3.57. The van der Waals surface area contributed by atoms with Crippen LogP contribution in [0.15, 0.2) is 42.0 Å². The molecule has 1 aromatic rings. The molecule has 1 aromatic carbocycles. The summed E-state index contributed by atoms with van der Waals surface area (Å²) in [4.78, 5) is 31.6. The van der Waals surface area contributed by atoms with Crippen molar-refractivity contribution in [1.29, 1.82) is 0 Å². The largest absolute Gasteiger partial charge is 0.462 e. The molecule has 4 unspecified atom stereocenters. The van der Waals surface area contributed by atoms with Crippen LogP contribution >= 0.6 is 0 Å². The van der Waals surface area contributed by atoms with Crippen LogP contribution in [0.2, 0.25) is 0 Å². The molecule has 2 saturated carbocycles. The Kier molecular flexibility index (Phi) is 16.0. The molecule has 13 heteroatoms. The Morgan fingerprint density at radius 2 is 1.56 bits per heavy atom. The second kappa shape index (κ2) is 20.7. The first kappa shape index (κ1) is 48.6. The van der Waals surface area contributed by atoms with Crippen LogP contribution in [0.25, 0.3) is 0 Å². The number of esters is 1. The number of ketones is 1. The number of hydrogen-bond donors (Lipinski definition) is 2. The molecular weight excluding hydrogens is 805 g/mol. The Morgan fingerprint density at radius 3 is 2.21 bits per heavy atom. The van der Waals surface area contributed by atoms with Gasteiger partial charge < -0.3 is 53.2 Å². The van der Waals surface area contributed by atoms with Gasteiger partial charge in [0.25, 0.3) is 0 Å². The molecule has 3 aliphatic heterocycles. The van der Waals surface area contributed by atoms with E-state index >= 15 is 4.79 Å². The van der Waals surface area contributed by atoms with Gasteiger partial charge in [-0.05, 0) is 128 Å². The molecule has 3 saturated heterocycles. The fourth-order valence-corrected chi connectivity index (χ4v) is 12.6. The number of nitrogens with one attached hydrogen (secondary N) is 1. The molecule has 0 aromatic heterocycles. The first-order valence-corrected chi connectivity index (χ1v) is 23.9. The molecule has 0 amide bonds.